The summed E-state index contributed by atoms with van der Waals surface area (Å²) in [7, 11) is 1.34. The van der Waals surface area contributed by atoms with Gasteiger partial charge in [0.25, 0.3) is 5.91 Å². The van der Waals surface area contributed by atoms with E-state index < -0.39 is 30.4 Å². The van der Waals surface area contributed by atoms with Crippen molar-refractivity contribution in [1.82, 2.24) is 4.90 Å². The van der Waals surface area contributed by atoms with Gasteiger partial charge in [-0.25, -0.2) is 0 Å². The number of aryl methyl sites for hydroxylation is 1. The highest BCUT2D eigenvalue weighted by Gasteiger charge is 2.52. The van der Waals surface area contributed by atoms with Gasteiger partial charge in [-0.2, -0.15) is 8.78 Å². The van der Waals surface area contributed by atoms with Crippen molar-refractivity contribution >= 4 is 11.9 Å². The molecule has 1 N–H and O–H groups in total. The molecular formula is C26H37F2NO4. The van der Waals surface area contributed by atoms with Crippen molar-refractivity contribution in [3.8, 4) is 0 Å². The molecule has 1 amide bonds. The van der Waals surface area contributed by atoms with Gasteiger partial charge in [0, 0.05) is 19.4 Å². The summed E-state index contributed by atoms with van der Waals surface area (Å²) in [5, 5.41) is 10.5. The summed E-state index contributed by atoms with van der Waals surface area (Å²) in [6.45, 7) is 2.19. The molecule has 0 spiro atoms. The Kier molecular flexibility index (Phi) is 11.0. The van der Waals surface area contributed by atoms with Gasteiger partial charge >= 0.3 is 11.9 Å². The Bertz CT molecular complexity index is 769. The van der Waals surface area contributed by atoms with Crippen LogP contribution in [0.5, 0.6) is 0 Å². The van der Waals surface area contributed by atoms with Crippen LogP contribution in [0.4, 0.5) is 8.78 Å². The number of likely N-dealkylation sites (tertiary alicyclic amines) is 1. The summed E-state index contributed by atoms with van der Waals surface area (Å²) in [4.78, 5) is 24.5. The van der Waals surface area contributed by atoms with E-state index in [0.717, 1.165) is 32.1 Å². The van der Waals surface area contributed by atoms with Crippen LogP contribution in [-0.2, 0) is 20.7 Å². The van der Waals surface area contributed by atoms with Gasteiger partial charge in [-0.15, -0.1) is 0 Å². The summed E-state index contributed by atoms with van der Waals surface area (Å²) < 4.78 is 32.7. The van der Waals surface area contributed by atoms with Crippen molar-refractivity contribution in [1.29, 1.82) is 0 Å². The summed E-state index contributed by atoms with van der Waals surface area (Å²) >= 11 is 0. The fourth-order valence-electron chi connectivity index (χ4n) is 4.14. The first-order valence-corrected chi connectivity index (χ1v) is 11.9. The summed E-state index contributed by atoms with van der Waals surface area (Å²) in [6, 6.07) is 9.42. The van der Waals surface area contributed by atoms with Crippen molar-refractivity contribution in [2.45, 2.75) is 82.8 Å². The molecule has 1 heterocycles. The molecular weight excluding hydrogens is 428 g/mol. The number of halogens is 2. The maximum Gasteiger partial charge on any atom is 0.327 e. The van der Waals surface area contributed by atoms with E-state index >= 15 is 0 Å². The molecule has 5 nitrogen and oxygen atoms in total. The molecule has 1 fully saturated rings. The SMILES string of the molecule is COC(=O)CCCCCCN1C(=O)C(F)(F)C[C@@H]1C=C[C@@H](O)[C@@H](C)CCCc1ccccc1. The van der Waals surface area contributed by atoms with Gasteiger partial charge < -0.3 is 14.7 Å². The number of carbonyl (C=O) groups excluding carboxylic acids is 2. The first kappa shape index (κ1) is 27.0. The average molecular weight is 466 g/mol. The number of rotatable bonds is 14. The molecule has 0 bridgehead atoms. The van der Waals surface area contributed by atoms with Gasteiger partial charge in [0.2, 0.25) is 0 Å². The standard InChI is InChI=1S/C26H37F2NO4/c1-20(11-10-14-21-12-6-5-7-13-21)23(30)17-16-22-19-26(27,28)25(32)29(22)18-9-4-3-8-15-24(31)33-2/h5-7,12-13,16-17,20,22-23,30H,3-4,8-11,14-15,18-19H2,1-2H3/t20-,22-,23+/m0/s1. The Morgan fingerprint density at radius 2 is 1.91 bits per heavy atom. The molecule has 0 unspecified atom stereocenters. The maximum atomic E-state index is 14.1. The fraction of sp³-hybridized carbons (Fsp3) is 0.615. The molecule has 1 aliphatic rings. The van der Waals surface area contributed by atoms with Crippen molar-refractivity contribution in [3.63, 3.8) is 0 Å². The number of alkyl halides is 2. The molecule has 0 radical (unpaired) electrons. The van der Waals surface area contributed by atoms with E-state index in [0.29, 0.717) is 19.3 Å². The summed E-state index contributed by atoms with van der Waals surface area (Å²) in [6.07, 6.45) is 7.61. The zero-order chi connectivity index (χ0) is 24.3. The van der Waals surface area contributed by atoms with Gasteiger partial charge in [0.15, 0.2) is 0 Å². The molecule has 0 aliphatic carbocycles. The van der Waals surface area contributed by atoms with Crippen molar-refractivity contribution in [2.75, 3.05) is 13.7 Å². The fourth-order valence-corrected chi connectivity index (χ4v) is 4.14. The van der Waals surface area contributed by atoms with Crippen LogP contribution in [0.15, 0.2) is 42.5 Å². The van der Waals surface area contributed by atoms with Crippen LogP contribution in [0.25, 0.3) is 0 Å². The second kappa shape index (κ2) is 13.4. The number of carbonyl (C=O) groups is 2. The van der Waals surface area contributed by atoms with Gasteiger partial charge in [0.1, 0.15) is 0 Å². The zero-order valence-electron chi connectivity index (χ0n) is 19.7. The molecule has 2 rings (SSSR count). The molecule has 1 aromatic rings. The number of nitrogens with zero attached hydrogens (tertiary/aromatic N) is 1. The number of esters is 1. The van der Waals surface area contributed by atoms with Crippen LogP contribution in [0.1, 0.15) is 63.9 Å². The number of hydrogen-bond donors (Lipinski definition) is 1. The monoisotopic (exact) mass is 465 g/mol. The summed E-state index contributed by atoms with van der Waals surface area (Å²) in [5.41, 5.74) is 1.25. The second-order valence-corrected chi connectivity index (χ2v) is 8.95. The molecule has 0 aromatic heterocycles. The maximum absolute atomic E-state index is 14.1. The van der Waals surface area contributed by atoms with Crippen LogP contribution in [0.3, 0.4) is 0 Å². The molecule has 1 aromatic carbocycles. The topological polar surface area (TPSA) is 66.8 Å². The Morgan fingerprint density at radius 3 is 2.61 bits per heavy atom. The Balaban J connectivity index is 1.79. The lowest BCUT2D eigenvalue weighted by Gasteiger charge is -2.22. The number of benzene rings is 1. The van der Waals surface area contributed by atoms with E-state index in [1.165, 1.54) is 17.6 Å². The highest BCUT2D eigenvalue weighted by molar-refractivity contribution is 5.86. The lowest BCUT2D eigenvalue weighted by Crippen LogP contribution is -2.36. The number of hydrogen-bond acceptors (Lipinski definition) is 4. The highest BCUT2D eigenvalue weighted by atomic mass is 19.3. The Hall–Kier alpha value is -2.28. The lowest BCUT2D eigenvalue weighted by molar-refractivity contribution is -0.148. The van der Waals surface area contributed by atoms with Crippen LogP contribution in [-0.4, -0.2) is 53.6 Å². The van der Waals surface area contributed by atoms with E-state index in [1.807, 2.05) is 25.1 Å². The van der Waals surface area contributed by atoms with Gasteiger partial charge in [-0.05, 0) is 43.6 Å². The largest absolute Gasteiger partial charge is 0.469 e. The van der Waals surface area contributed by atoms with Crippen molar-refractivity contribution < 1.29 is 28.2 Å². The second-order valence-electron chi connectivity index (χ2n) is 8.95. The van der Waals surface area contributed by atoms with E-state index in [-0.39, 0.29) is 18.4 Å². The third-order valence-corrected chi connectivity index (χ3v) is 6.28. The van der Waals surface area contributed by atoms with Crippen molar-refractivity contribution in [3.05, 3.63) is 48.0 Å². The van der Waals surface area contributed by atoms with Crippen LogP contribution < -0.4 is 0 Å². The third kappa shape index (κ3) is 8.88. The first-order chi connectivity index (χ1) is 15.7. The van der Waals surface area contributed by atoms with E-state index in [4.69, 9.17) is 0 Å². The molecule has 0 saturated carbocycles. The number of ether oxygens (including phenoxy) is 1. The molecule has 184 valence electrons. The Morgan fingerprint density at radius 1 is 1.21 bits per heavy atom. The third-order valence-electron chi connectivity index (χ3n) is 6.28. The molecule has 3 atom stereocenters. The number of amides is 1. The number of unbranched alkanes of at least 4 members (excludes halogenated alkanes) is 3. The van der Waals surface area contributed by atoms with Crippen LogP contribution in [0, 0.1) is 5.92 Å². The summed E-state index contributed by atoms with van der Waals surface area (Å²) in [5.74, 6) is -4.78. The van der Waals surface area contributed by atoms with Gasteiger partial charge in [-0.1, -0.05) is 62.2 Å². The Labute approximate surface area is 195 Å². The minimum absolute atomic E-state index is 0.00848. The van der Waals surface area contributed by atoms with E-state index in [9.17, 15) is 23.5 Å². The number of methoxy groups -OCH3 is 1. The first-order valence-electron chi connectivity index (χ1n) is 11.9. The molecule has 7 heteroatoms. The van der Waals surface area contributed by atoms with Crippen LogP contribution >= 0.6 is 0 Å². The predicted octanol–water partition coefficient (Wildman–Crippen LogP) is 4.92. The zero-order valence-corrected chi connectivity index (χ0v) is 19.7. The van der Waals surface area contributed by atoms with E-state index in [2.05, 4.69) is 16.9 Å². The highest BCUT2D eigenvalue weighted by Crippen LogP contribution is 2.34. The number of aliphatic hydroxyl groups is 1. The minimum atomic E-state index is -3.37. The van der Waals surface area contributed by atoms with Crippen LogP contribution in [0.2, 0.25) is 0 Å². The van der Waals surface area contributed by atoms with Gasteiger partial charge in [-0.3, -0.25) is 9.59 Å². The molecule has 33 heavy (non-hydrogen) atoms. The normalized spacial score (nSPS) is 19.7. The van der Waals surface area contributed by atoms with Gasteiger partial charge in [0.05, 0.1) is 19.3 Å². The van der Waals surface area contributed by atoms with E-state index in [1.54, 1.807) is 12.2 Å². The number of aliphatic hydroxyl groups excluding tert-OH is 1. The average Bonchev–Trinajstić information content (AvgIpc) is 3.02. The predicted molar refractivity (Wildman–Crippen MR) is 124 cm³/mol. The quantitative estimate of drug-likeness (QED) is 0.241. The molecule has 1 aliphatic heterocycles. The van der Waals surface area contributed by atoms with Crippen molar-refractivity contribution in [2.24, 2.45) is 5.92 Å². The smallest absolute Gasteiger partial charge is 0.327 e. The minimum Gasteiger partial charge on any atom is -0.469 e. The molecule has 1 saturated heterocycles. The lowest BCUT2D eigenvalue weighted by atomic mass is 9.95.